The van der Waals surface area contributed by atoms with Crippen molar-refractivity contribution in [3.8, 4) is 0 Å². The molecule has 1 saturated heterocycles. The van der Waals surface area contributed by atoms with Crippen LogP contribution < -0.4 is 10.6 Å². The largest absolute Gasteiger partial charge is 0.373 e. The average molecular weight is 295 g/mol. The van der Waals surface area contributed by atoms with E-state index in [9.17, 15) is 4.39 Å². The summed E-state index contributed by atoms with van der Waals surface area (Å²) in [5.41, 5.74) is 0.363. The number of pyridine rings is 1. The standard InChI is InChI=1S/C16H26FN3O/c1-15(2,3)20-10-12-6-8-18-14(13(12)17)19-11-16(4)7-5-9-21-16/h6,8,20H,5,7,9-11H2,1-4H3,(H,18,19). The lowest BCUT2D eigenvalue weighted by Gasteiger charge is -2.24. The van der Waals surface area contributed by atoms with Gasteiger partial charge in [0.1, 0.15) is 0 Å². The Kier molecular flexibility index (Phi) is 4.84. The molecule has 1 fully saturated rings. The van der Waals surface area contributed by atoms with Crippen LogP contribution in [-0.4, -0.2) is 29.3 Å². The van der Waals surface area contributed by atoms with E-state index in [1.54, 1.807) is 12.3 Å². The molecule has 21 heavy (non-hydrogen) atoms. The molecule has 2 rings (SSSR count). The number of nitrogens with zero attached hydrogens (tertiary/aromatic N) is 1. The van der Waals surface area contributed by atoms with E-state index < -0.39 is 0 Å². The Hall–Kier alpha value is -1.20. The molecule has 0 spiro atoms. The van der Waals surface area contributed by atoms with Gasteiger partial charge in [0, 0.05) is 37.0 Å². The number of halogens is 1. The summed E-state index contributed by atoms with van der Waals surface area (Å²) in [5.74, 6) is 0.0239. The molecular formula is C16H26FN3O. The quantitative estimate of drug-likeness (QED) is 0.876. The highest BCUT2D eigenvalue weighted by Crippen LogP contribution is 2.26. The molecule has 0 radical (unpaired) electrons. The summed E-state index contributed by atoms with van der Waals surface area (Å²) < 4.78 is 20.1. The SMILES string of the molecule is CC(C)(C)NCc1ccnc(NCC2(C)CCCO2)c1F. The van der Waals surface area contributed by atoms with Crippen LogP contribution in [0, 0.1) is 5.82 Å². The van der Waals surface area contributed by atoms with Crippen molar-refractivity contribution in [2.45, 2.75) is 58.2 Å². The van der Waals surface area contributed by atoms with Gasteiger partial charge in [0.2, 0.25) is 0 Å². The molecule has 1 aliphatic rings. The van der Waals surface area contributed by atoms with Crippen LogP contribution in [0.4, 0.5) is 10.2 Å². The third-order valence-corrected chi connectivity index (χ3v) is 3.71. The van der Waals surface area contributed by atoms with E-state index >= 15 is 0 Å². The van der Waals surface area contributed by atoms with Gasteiger partial charge in [-0.05, 0) is 46.6 Å². The molecule has 2 N–H and O–H groups in total. The molecule has 0 aromatic carbocycles. The summed E-state index contributed by atoms with van der Waals surface area (Å²) in [5, 5.41) is 6.38. The first-order chi connectivity index (χ1) is 9.79. The Morgan fingerprint density at radius 3 is 2.81 bits per heavy atom. The number of ether oxygens (including phenoxy) is 1. The highest BCUT2D eigenvalue weighted by Gasteiger charge is 2.29. The van der Waals surface area contributed by atoms with Crippen LogP contribution in [0.25, 0.3) is 0 Å². The highest BCUT2D eigenvalue weighted by molar-refractivity contribution is 5.40. The lowest BCUT2D eigenvalue weighted by molar-refractivity contribution is 0.0314. The van der Waals surface area contributed by atoms with Gasteiger partial charge in [-0.3, -0.25) is 0 Å². The van der Waals surface area contributed by atoms with Gasteiger partial charge >= 0.3 is 0 Å². The second-order valence-electron chi connectivity index (χ2n) is 6.99. The fraction of sp³-hybridized carbons (Fsp3) is 0.688. The monoisotopic (exact) mass is 295 g/mol. The summed E-state index contributed by atoms with van der Waals surface area (Å²) in [6.07, 6.45) is 3.69. The Morgan fingerprint density at radius 2 is 2.19 bits per heavy atom. The van der Waals surface area contributed by atoms with Gasteiger partial charge in [0.05, 0.1) is 5.60 Å². The molecule has 0 bridgehead atoms. The Bertz CT molecular complexity index is 479. The molecule has 1 aliphatic heterocycles. The maximum absolute atomic E-state index is 14.4. The van der Waals surface area contributed by atoms with Crippen LogP contribution in [0.5, 0.6) is 0 Å². The van der Waals surface area contributed by atoms with Gasteiger partial charge in [0.15, 0.2) is 11.6 Å². The molecule has 4 nitrogen and oxygen atoms in total. The van der Waals surface area contributed by atoms with Gasteiger partial charge in [-0.25, -0.2) is 9.37 Å². The van der Waals surface area contributed by atoms with Crippen LogP contribution in [0.3, 0.4) is 0 Å². The van der Waals surface area contributed by atoms with Crippen molar-refractivity contribution >= 4 is 5.82 Å². The summed E-state index contributed by atoms with van der Waals surface area (Å²) in [7, 11) is 0. The van der Waals surface area contributed by atoms with Gasteiger partial charge in [0.25, 0.3) is 0 Å². The number of rotatable bonds is 5. The van der Waals surface area contributed by atoms with Gasteiger partial charge in [-0.15, -0.1) is 0 Å². The lowest BCUT2D eigenvalue weighted by atomic mass is 10.0. The molecular weight excluding hydrogens is 269 g/mol. The van der Waals surface area contributed by atoms with Crippen LogP contribution in [0.2, 0.25) is 0 Å². The number of hydrogen-bond acceptors (Lipinski definition) is 4. The fourth-order valence-corrected chi connectivity index (χ4v) is 2.35. The first-order valence-corrected chi connectivity index (χ1v) is 7.55. The molecule has 1 aromatic rings. The zero-order chi connectivity index (χ0) is 15.5. The van der Waals surface area contributed by atoms with Crippen LogP contribution in [0.1, 0.15) is 46.1 Å². The van der Waals surface area contributed by atoms with Crippen molar-refractivity contribution in [3.05, 3.63) is 23.6 Å². The van der Waals surface area contributed by atoms with E-state index in [2.05, 4.69) is 43.3 Å². The van der Waals surface area contributed by atoms with Crippen molar-refractivity contribution in [2.24, 2.45) is 0 Å². The molecule has 1 aromatic heterocycles. The van der Waals surface area contributed by atoms with Crippen LogP contribution in [-0.2, 0) is 11.3 Å². The summed E-state index contributed by atoms with van der Waals surface area (Å²) in [6.45, 7) is 10.1. The van der Waals surface area contributed by atoms with E-state index in [1.165, 1.54) is 0 Å². The third-order valence-electron chi connectivity index (χ3n) is 3.71. The zero-order valence-electron chi connectivity index (χ0n) is 13.4. The second-order valence-corrected chi connectivity index (χ2v) is 6.99. The Balaban J connectivity index is 2.00. The normalized spacial score (nSPS) is 22.5. The van der Waals surface area contributed by atoms with E-state index in [-0.39, 0.29) is 17.0 Å². The van der Waals surface area contributed by atoms with Crippen molar-refractivity contribution in [1.82, 2.24) is 10.3 Å². The van der Waals surface area contributed by atoms with Crippen molar-refractivity contribution in [3.63, 3.8) is 0 Å². The van der Waals surface area contributed by atoms with E-state index in [0.29, 0.717) is 24.5 Å². The molecule has 0 amide bonds. The fourth-order valence-electron chi connectivity index (χ4n) is 2.35. The minimum atomic E-state index is -0.282. The molecule has 0 saturated carbocycles. The van der Waals surface area contributed by atoms with Gasteiger partial charge in [-0.2, -0.15) is 0 Å². The molecule has 118 valence electrons. The number of hydrogen-bond donors (Lipinski definition) is 2. The first-order valence-electron chi connectivity index (χ1n) is 7.55. The molecule has 1 unspecified atom stereocenters. The minimum absolute atomic E-state index is 0.0472. The topological polar surface area (TPSA) is 46.2 Å². The summed E-state index contributed by atoms with van der Waals surface area (Å²) >= 11 is 0. The number of nitrogens with one attached hydrogen (secondary N) is 2. The Morgan fingerprint density at radius 1 is 1.43 bits per heavy atom. The van der Waals surface area contributed by atoms with Crippen LogP contribution >= 0.6 is 0 Å². The predicted octanol–water partition coefficient (Wildman–Crippen LogP) is 3.09. The molecule has 2 heterocycles. The third kappa shape index (κ3) is 4.64. The number of anilines is 1. The second kappa shape index (κ2) is 6.28. The van der Waals surface area contributed by atoms with Crippen LogP contribution in [0.15, 0.2) is 12.3 Å². The van der Waals surface area contributed by atoms with E-state index in [1.807, 2.05) is 0 Å². The molecule has 5 heteroatoms. The van der Waals surface area contributed by atoms with E-state index in [4.69, 9.17) is 4.74 Å². The van der Waals surface area contributed by atoms with Crippen molar-refractivity contribution < 1.29 is 9.13 Å². The average Bonchev–Trinajstić information content (AvgIpc) is 2.82. The smallest absolute Gasteiger partial charge is 0.169 e. The zero-order valence-corrected chi connectivity index (χ0v) is 13.4. The molecule has 1 atom stereocenters. The maximum Gasteiger partial charge on any atom is 0.169 e. The number of aromatic nitrogens is 1. The summed E-state index contributed by atoms with van der Waals surface area (Å²) in [6, 6.07) is 1.72. The van der Waals surface area contributed by atoms with Gasteiger partial charge < -0.3 is 15.4 Å². The van der Waals surface area contributed by atoms with E-state index in [0.717, 1.165) is 19.4 Å². The highest BCUT2D eigenvalue weighted by atomic mass is 19.1. The molecule has 0 aliphatic carbocycles. The minimum Gasteiger partial charge on any atom is -0.373 e. The van der Waals surface area contributed by atoms with Gasteiger partial charge in [-0.1, -0.05) is 0 Å². The predicted molar refractivity (Wildman–Crippen MR) is 82.9 cm³/mol. The lowest BCUT2D eigenvalue weighted by Crippen LogP contribution is -2.35. The first kappa shape index (κ1) is 16.2. The Labute approximate surface area is 126 Å². The maximum atomic E-state index is 14.4. The van der Waals surface area contributed by atoms with Crippen molar-refractivity contribution in [1.29, 1.82) is 0 Å². The summed E-state index contributed by atoms with van der Waals surface area (Å²) in [4.78, 5) is 4.11. The van der Waals surface area contributed by atoms with Crippen molar-refractivity contribution in [2.75, 3.05) is 18.5 Å².